The number of benzene rings is 2. The number of carbonyl (C=O) groups excluding carboxylic acids is 1. The first-order valence-corrected chi connectivity index (χ1v) is 10.8. The van der Waals surface area contributed by atoms with Crippen molar-refractivity contribution < 1.29 is 13.2 Å². The number of carbonyl (C=O) groups is 1. The maximum Gasteiger partial charge on any atom is 0.249 e. The maximum absolute atomic E-state index is 13.2. The van der Waals surface area contributed by atoms with E-state index < -0.39 is 15.9 Å². The average Bonchev–Trinajstić information content (AvgIpc) is 3.04. The molecule has 8 heteroatoms. The van der Waals surface area contributed by atoms with Gasteiger partial charge in [0.25, 0.3) is 0 Å². The summed E-state index contributed by atoms with van der Waals surface area (Å²) in [6.07, 6.45) is 1.60. The predicted molar refractivity (Wildman–Crippen MR) is 107 cm³/mol. The molecule has 144 valence electrons. The molecule has 1 aliphatic heterocycles. The number of aromatic nitrogens is 2. The molecule has 0 N–H and O–H groups in total. The number of rotatable bonds is 4. The lowest BCUT2D eigenvalue weighted by molar-refractivity contribution is -0.119. The fourth-order valence-corrected chi connectivity index (χ4v) is 5.32. The molecule has 1 saturated heterocycles. The first-order chi connectivity index (χ1) is 13.4. The Balaban J connectivity index is 1.71. The normalized spacial score (nSPS) is 18.2. The van der Waals surface area contributed by atoms with E-state index in [-0.39, 0.29) is 29.4 Å². The van der Waals surface area contributed by atoms with E-state index in [0.29, 0.717) is 23.0 Å². The van der Waals surface area contributed by atoms with Crippen molar-refractivity contribution in [1.29, 1.82) is 0 Å². The van der Waals surface area contributed by atoms with Gasteiger partial charge >= 0.3 is 0 Å². The van der Waals surface area contributed by atoms with Crippen LogP contribution in [0.5, 0.6) is 0 Å². The van der Waals surface area contributed by atoms with Gasteiger partial charge in [0.05, 0.1) is 29.3 Å². The quantitative estimate of drug-likeness (QED) is 0.667. The minimum atomic E-state index is -3.15. The average molecular weight is 397 g/mol. The fourth-order valence-electron chi connectivity index (χ4n) is 3.62. The third-order valence-electron chi connectivity index (χ3n) is 4.92. The molecule has 0 radical (unpaired) electrons. The maximum atomic E-state index is 13.2. The third-order valence-corrected chi connectivity index (χ3v) is 6.67. The summed E-state index contributed by atoms with van der Waals surface area (Å²) in [5.41, 5.74) is 1.01. The number of fused-ring (bicyclic) bond motifs is 1. The predicted octanol–water partition coefficient (Wildman–Crippen LogP) is 1.62. The summed E-state index contributed by atoms with van der Waals surface area (Å²) in [7, 11) is -3.15. The van der Waals surface area contributed by atoms with Gasteiger partial charge in [0, 0.05) is 11.1 Å². The molecule has 28 heavy (non-hydrogen) atoms. The second kappa shape index (κ2) is 7.20. The van der Waals surface area contributed by atoms with Crippen LogP contribution in [0.4, 0.5) is 5.69 Å². The van der Waals surface area contributed by atoms with E-state index in [9.17, 15) is 18.0 Å². The van der Waals surface area contributed by atoms with Crippen LogP contribution in [-0.2, 0) is 21.2 Å². The largest absolute Gasteiger partial charge is 0.307 e. The highest BCUT2D eigenvalue weighted by molar-refractivity contribution is 7.91. The lowest BCUT2D eigenvalue weighted by atomic mass is 10.1. The lowest BCUT2D eigenvalue weighted by Crippen LogP contribution is -2.43. The molecule has 0 spiro atoms. The highest BCUT2D eigenvalue weighted by Gasteiger charge is 2.35. The Kier molecular flexibility index (Phi) is 4.72. The van der Waals surface area contributed by atoms with E-state index in [2.05, 4.69) is 5.10 Å². The van der Waals surface area contributed by atoms with Gasteiger partial charge in [-0.1, -0.05) is 30.3 Å². The zero-order chi connectivity index (χ0) is 19.7. The van der Waals surface area contributed by atoms with Crippen LogP contribution in [0.2, 0.25) is 0 Å². The molecule has 2 heterocycles. The van der Waals surface area contributed by atoms with Gasteiger partial charge in [0.2, 0.25) is 11.3 Å². The summed E-state index contributed by atoms with van der Waals surface area (Å²) in [6, 6.07) is 15.6. The number of sulfone groups is 1. The summed E-state index contributed by atoms with van der Waals surface area (Å²) in [4.78, 5) is 26.8. The fraction of sp³-hybridized carbons (Fsp3) is 0.250. The SMILES string of the molecule is O=C(Cn1ncc(=O)c2ccccc21)N(c1ccccc1)[C@@H]1CCS(=O)(=O)C1. The molecule has 1 aliphatic rings. The van der Waals surface area contributed by atoms with Gasteiger partial charge in [0.15, 0.2) is 9.84 Å². The minimum absolute atomic E-state index is 0.0496. The summed E-state index contributed by atoms with van der Waals surface area (Å²) >= 11 is 0. The zero-order valence-electron chi connectivity index (χ0n) is 15.1. The van der Waals surface area contributed by atoms with Gasteiger partial charge in [-0.25, -0.2) is 8.42 Å². The molecule has 1 aromatic heterocycles. The Morgan fingerprint density at radius 3 is 2.54 bits per heavy atom. The summed E-state index contributed by atoms with van der Waals surface area (Å²) in [6.45, 7) is -0.0910. The Hall–Kier alpha value is -3.00. The number of nitrogens with zero attached hydrogens (tertiary/aromatic N) is 3. The van der Waals surface area contributed by atoms with Gasteiger partial charge in [0.1, 0.15) is 6.54 Å². The monoisotopic (exact) mass is 397 g/mol. The van der Waals surface area contributed by atoms with Crippen molar-refractivity contribution in [3.05, 3.63) is 71.0 Å². The molecule has 2 aromatic carbocycles. The van der Waals surface area contributed by atoms with E-state index in [4.69, 9.17) is 0 Å². The van der Waals surface area contributed by atoms with Crippen LogP contribution < -0.4 is 10.3 Å². The van der Waals surface area contributed by atoms with Gasteiger partial charge in [-0.2, -0.15) is 5.10 Å². The van der Waals surface area contributed by atoms with Crippen molar-refractivity contribution in [3.63, 3.8) is 0 Å². The minimum Gasteiger partial charge on any atom is -0.307 e. The van der Waals surface area contributed by atoms with Crippen LogP contribution in [0.15, 0.2) is 65.6 Å². The van der Waals surface area contributed by atoms with Crippen LogP contribution in [-0.4, -0.2) is 41.7 Å². The molecule has 0 saturated carbocycles. The zero-order valence-corrected chi connectivity index (χ0v) is 15.9. The highest BCUT2D eigenvalue weighted by Crippen LogP contribution is 2.25. The molecule has 1 amide bonds. The van der Waals surface area contributed by atoms with Crippen molar-refractivity contribution in [3.8, 4) is 0 Å². The van der Waals surface area contributed by atoms with E-state index >= 15 is 0 Å². The van der Waals surface area contributed by atoms with Crippen molar-refractivity contribution in [1.82, 2.24) is 9.78 Å². The molecule has 4 rings (SSSR count). The highest BCUT2D eigenvalue weighted by atomic mass is 32.2. The summed E-state index contributed by atoms with van der Waals surface area (Å²) in [5, 5.41) is 4.60. The van der Waals surface area contributed by atoms with Crippen molar-refractivity contribution >= 4 is 32.3 Å². The Morgan fingerprint density at radius 1 is 1.11 bits per heavy atom. The van der Waals surface area contributed by atoms with E-state index in [0.717, 1.165) is 0 Å². The van der Waals surface area contributed by atoms with Crippen LogP contribution >= 0.6 is 0 Å². The van der Waals surface area contributed by atoms with E-state index in [1.807, 2.05) is 18.2 Å². The first kappa shape index (κ1) is 18.4. The second-order valence-corrected chi connectivity index (χ2v) is 9.07. The number of hydrogen-bond donors (Lipinski definition) is 0. The van der Waals surface area contributed by atoms with Crippen LogP contribution in [0, 0.1) is 0 Å². The number of amides is 1. The molecule has 0 aliphatic carbocycles. The number of para-hydroxylation sites is 2. The van der Waals surface area contributed by atoms with Crippen LogP contribution in [0.25, 0.3) is 10.9 Å². The van der Waals surface area contributed by atoms with E-state index in [1.54, 1.807) is 41.3 Å². The molecule has 1 fully saturated rings. The van der Waals surface area contributed by atoms with Crippen LogP contribution in [0.1, 0.15) is 6.42 Å². The van der Waals surface area contributed by atoms with Crippen molar-refractivity contribution in [2.24, 2.45) is 0 Å². The summed E-state index contributed by atoms with van der Waals surface area (Å²) < 4.78 is 25.4. The Labute approximate surface area is 162 Å². The van der Waals surface area contributed by atoms with Crippen molar-refractivity contribution in [2.45, 2.75) is 19.0 Å². The van der Waals surface area contributed by atoms with Crippen molar-refractivity contribution in [2.75, 3.05) is 16.4 Å². The molecule has 1 atom stereocenters. The Bertz CT molecular complexity index is 1190. The molecular weight excluding hydrogens is 378 g/mol. The molecule has 3 aromatic rings. The topological polar surface area (TPSA) is 89.3 Å². The molecule has 7 nitrogen and oxygen atoms in total. The third kappa shape index (κ3) is 3.55. The number of anilines is 1. The molecule has 0 bridgehead atoms. The van der Waals surface area contributed by atoms with E-state index in [1.165, 1.54) is 10.9 Å². The van der Waals surface area contributed by atoms with Gasteiger partial charge in [-0.05, 0) is 30.7 Å². The Morgan fingerprint density at radius 2 is 1.82 bits per heavy atom. The van der Waals surface area contributed by atoms with Gasteiger partial charge in [-0.15, -0.1) is 0 Å². The molecule has 0 unspecified atom stereocenters. The lowest BCUT2D eigenvalue weighted by Gasteiger charge is -2.28. The van der Waals surface area contributed by atoms with Gasteiger partial charge < -0.3 is 4.90 Å². The second-order valence-electron chi connectivity index (χ2n) is 6.84. The van der Waals surface area contributed by atoms with Crippen LogP contribution in [0.3, 0.4) is 0 Å². The van der Waals surface area contributed by atoms with Gasteiger partial charge in [-0.3, -0.25) is 14.3 Å². The smallest absolute Gasteiger partial charge is 0.249 e. The number of hydrogen-bond acceptors (Lipinski definition) is 5. The summed E-state index contributed by atoms with van der Waals surface area (Å²) in [5.74, 6) is -0.242. The standard InChI is InChI=1S/C20H19N3O4S/c24-19-12-21-22(18-9-5-4-8-17(18)19)13-20(25)23(15-6-2-1-3-7-15)16-10-11-28(26,27)14-16/h1-9,12,16H,10-11,13-14H2/t16-/m1/s1. The first-order valence-electron chi connectivity index (χ1n) is 8.97. The molecular formula is C20H19N3O4S.